The van der Waals surface area contributed by atoms with Crippen molar-refractivity contribution in [3.63, 3.8) is 0 Å². The van der Waals surface area contributed by atoms with Crippen LogP contribution in [0.1, 0.15) is 6.92 Å². The van der Waals surface area contributed by atoms with E-state index in [2.05, 4.69) is 0 Å². The number of aromatic hydroxyl groups is 4. The van der Waals surface area contributed by atoms with E-state index in [1.54, 1.807) is 0 Å². The standard InChI is InChI=1S/C27H30O16/c1-8-15(31)25(43-26-21(37)19(35)16(32)13(7-28)41-26)22(38)27(39-8)40-12-6-11(30)14-18(34)20(36)23(42-24(14)17(12)33)9-2-4-10(29)5-3-9/h2-6,8,13,15-16,19,21-22,25-33,35-38H,7H2,1H3/t8-,13+,15-,16+,19-,21+,22-,25+,26-,27+/m1/s1. The van der Waals surface area contributed by atoms with E-state index in [1.165, 1.54) is 31.2 Å². The quantitative estimate of drug-likeness (QED) is 0.140. The van der Waals surface area contributed by atoms with Crippen LogP contribution in [-0.2, 0) is 14.2 Å². The predicted octanol–water partition coefficient (Wildman–Crippen LogP) is -1.69. The van der Waals surface area contributed by atoms with Gasteiger partial charge in [0.1, 0.15) is 59.6 Å². The first-order chi connectivity index (χ1) is 20.3. The number of benzene rings is 2. The highest BCUT2D eigenvalue weighted by atomic mass is 16.7. The van der Waals surface area contributed by atoms with Crippen molar-refractivity contribution < 1.29 is 74.4 Å². The molecular weight excluding hydrogens is 580 g/mol. The molecular formula is C27H30O16. The fourth-order valence-electron chi connectivity index (χ4n) is 4.92. The summed E-state index contributed by atoms with van der Waals surface area (Å²) in [5.41, 5.74) is -1.56. The topological polar surface area (TPSA) is 269 Å². The Morgan fingerprint density at radius 3 is 2.14 bits per heavy atom. The van der Waals surface area contributed by atoms with Crippen LogP contribution in [0.2, 0.25) is 0 Å². The zero-order valence-corrected chi connectivity index (χ0v) is 22.3. The molecule has 234 valence electrons. The van der Waals surface area contributed by atoms with Gasteiger partial charge in [0.25, 0.3) is 0 Å². The van der Waals surface area contributed by atoms with Gasteiger partial charge in [0, 0.05) is 11.6 Å². The zero-order valence-electron chi connectivity index (χ0n) is 22.3. The number of phenolic OH excluding ortho intramolecular Hbond substituents is 3. The third kappa shape index (κ3) is 5.44. The Balaban J connectivity index is 1.46. The summed E-state index contributed by atoms with van der Waals surface area (Å²) < 4.78 is 27.5. The molecule has 1 aromatic heterocycles. The highest BCUT2D eigenvalue weighted by molar-refractivity contribution is 5.93. The number of fused-ring (bicyclic) bond motifs is 1. The molecule has 2 aliphatic heterocycles. The summed E-state index contributed by atoms with van der Waals surface area (Å²) in [5.74, 6) is -3.58. The maximum absolute atomic E-state index is 12.9. The smallest absolute Gasteiger partial charge is 0.238 e. The van der Waals surface area contributed by atoms with Gasteiger partial charge in [-0.3, -0.25) is 4.79 Å². The molecule has 16 heteroatoms. The maximum atomic E-state index is 12.9. The molecule has 0 saturated carbocycles. The molecule has 0 aliphatic carbocycles. The Labute approximate surface area is 241 Å². The van der Waals surface area contributed by atoms with Gasteiger partial charge in [-0.05, 0) is 31.2 Å². The highest BCUT2D eigenvalue weighted by Gasteiger charge is 2.50. The number of ether oxygens (including phenoxy) is 4. The molecule has 0 unspecified atom stereocenters. The largest absolute Gasteiger partial charge is 0.508 e. The van der Waals surface area contributed by atoms with Crippen LogP contribution in [0.5, 0.6) is 28.7 Å². The molecule has 2 aliphatic rings. The van der Waals surface area contributed by atoms with Crippen molar-refractivity contribution in [1.29, 1.82) is 0 Å². The number of phenols is 3. The van der Waals surface area contributed by atoms with Crippen LogP contribution in [0.25, 0.3) is 22.3 Å². The van der Waals surface area contributed by atoms with Gasteiger partial charge in [-0.2, -0.15) is 0 Å². The molecule has 3 heterocycles. The molecule has 10 atom stereocenters. The molecule has 5 rings (SSSR count). The number of aliphatic hydroxyl groups is 6. The molecule has 0 amide bonds. The van der Waals surface area contributed by atoms with Gasteiger partial charge in [0.15, 0.2) is 23.4 Å². The second-order valence-electron chi connectivity index (χ2n) is 10.2. The summed E-state index contributed by atoms with van der Waals surface area (Å²) in [4.78, 5) is 12.9. The summed E-state index contributed by atoms with van der Waals surface area (Å²) in [6.45, 7) is 0.624. The zero-order chi connectivity index (χ0) is 31.3. The van der Waals surface area contributed by atoms with Crippen LogP contribution in [0.4, 0.5) is 0 Å². The Kier molecular flexibility index (Phi) is 8.41. The molecule has 43 heavy (non-hydrogen) atoms. The normalized spacial score (nSPS) is 33.0. The number of rotatable bonds is 6. The minimum absolute atomic E-state index is 0.109. The van der Waals surface area contributed by atoms with Gasteiger partial charge in [0.2, 0.25) is 23.2 Å². The minimum atomic E-state index is -1.88. The molecule has 0 bridgehead atoms. The first-order valence-electron chi connectivity index (χ1n) is 13.0. The molecule has 0 radical (unpaired) electrons. The van der Waals surface area contributed by atoms with Crippen LogP contribution >= 0.6 is 0 Å². The molecule has 2 aromatic carbocycles. The van der Waals surface area contributed by atoms with E-state index in [4.69, 9.17) is 23.4 Å². The average Bonchev–Trinajstić information content (AvgIpc) is 2.98. The summed E-state index contributed by atoms with van der Waals surface area (Å²) in [6, 6.07) is 5.97. The van der Waals surface area contributed by atoms with E-state index in [-0.39, 0.29) is 11.3 Å². The van der Waals surface area contributed by atoms with Gasteiger partial charge >= 0.3 is 0 Å². The van der Waals surface area contributed by atoms with Crippen molar-refractivity contribution in [3.8, 4) is 40.1 Å². The van der Waals surface area contributed by atoms with Crippen molar-refractivity contribution in [1.82, 2.24) is 0 Å². The first-order valence-corrected chi connectivity index (χ1v) is 13.0. The van der Waals surface area contributed by atoms with E-state index in [1.807, 2.05) is 0 Å². The Morgan fingerprint density at radius 1 is 0.814 bits per heavy atom. The molecule has 3 aromatic rings. The van der Waals surface area contributed by atoms with E-state index in [9.17, 15) is 55.9 Å². The Hall–Kier alpha value is -3.71. The average molecular weight is 611 g/mol. The molecule has 2 saturated heterocycles. The van der Waals surface area contributed by atoms with Crippen molar-refractivity contribution in [3.05, 3.63) is 40.6 Å². The monoisotopic (exact) mass is 610 g/mol. The fraction of sp³-hybridized carbons (Fsp3) is 0.444. The van der Waals surface area contributed by atoms with E-state index in [0.717, 1.165) is 6.07 Å². The fourth-order valence-corrected chi connectivity index (χ4v) is 4.92. The van der Waals surface area contributed by atoms with Crippen LogP contribution < -0.4 is 10.2 Å². The summed E-state index contributed by atoms with van der Waals surface area (Å²) in [5, 5.41) is 102. The van der Waals surface area contributed by atoms with Crippen LogP contribution in [0.3, 0.4) is 0 Å². The second kappa shape index (κ2) is 11.8. The minimum Gasteiger partial charge on any atom is -0.508 e. The van der Waals surface area contributed by atoms with E-state index >= 15 is 0 Å². The summed E-state index contributed by atoms with van der Waals surface area (Å²) in [7, 11) is 0. The van der Waals surface area contributed by atoms with Gasteiger partial charge in [-0.15, -0.1) is 0 Å². The summed E-state index contributed by atoms with van der Waals surface area (Å²) >= 11 is 0. The predicted molar refractivity (Wildman–Crippen MR) is 140 cm³/mol. The van der Waals surface area contributed by atoms with Crippen LogP contribution in [-0.4, -0.2) is 119 Å². The first kappa shape index (κ1) is 30.7. The SMILES string of the molecule is C[C@H]1O[C@@H](Oc2cc(O)c3c(=O)c(O)c(-c4ccc(O)cc4)oc3c2O)[C@H](O)[C@@H](O[C@H]2O[C@@H](CO)[C@H](O)[C@@H](O)[C@@H]2O)[C@@H]1O. The van der Waals surface area contributed by atoms with E-state index in [0.29, 0.717) is 0 Å². The van der Waals surface area contributed by atoms with E-state index < -0.39 is 113 Å². The van der Waals surface area contributed by atoms with Gasteiger partial charge in [-0.25, -0.2) is 0 Å². The van der Waals surface area contributed by atoms with Gasteiger partial charge in [-0.1, -0.05) is 0 Å². The molecule has 2 fully saturated rings. The van der Waals surface area contributed by atoms with Crippen molar-refractivity contribution in [2.45, 2.75) is 68.3 Å². The van der Waals surface area contributed by atoms with Crippen molar-refractivity contribution in [2.24, 2.45) is 0 Å². The number of hydrogen-bond acceptors (Lipinski definition) is 16. The third-order valence-corrected chi connectivity index (χ3v) is 7.35. The van der Waals surface area contributed by atoms with Gasteiger partial charge in [0.05, 0.1) is 12.7 Å². The lowest BCUT2D eigenvalue weighted by Gasteiger charge is -2.45. The lowest BCUT2D eigenvalue weighted by molar-refractivity contribution is -0.350. The summed E-state index contributed by atoms with van der Waals surface area (Å²) in [6.07, 6.45) is -16.3. The van der Waals surface area contributed by atoms with Gasteiger partial charge < -0.3 is 74.4 Å². The van der Waals surface area contributed by atoms with Crippen molar-refractivity contribution >= 4 is 11.0 Å². The third-order valence-electron chi connectivity index (χ3n) is 7.35. The number of aliphatic hydroxyl groups excluding tert-OH is 6. The molecule has 0 spiro atoms. The second-order valence-corrected chi connectivity index (χ2v) is 10.2. The Morgan fingerprint density at radius 2 is 1.49 bits per heavy atom. The molecule has 16 nitrogen and oxygen atoms in total. The number of hydrogen-bond donors (Lipinski definition) is 10. The van der Waals surface area contributed by atoms with Crippen LogP contribution in [0.15, 0.2) is 39.5 Å². The Bertz CT molecular complexity index is 1520. The lowest BCUT2D eigenvalue weighted by Crippen LogP contribution is -2.64. The molecule has 10 N–H and O–H groups in total. The van der Waals surface area contributed by atoms with Crippen molar-refractivity contribution in [2.75, 3.05) is 6.61 Å². The maximum Gasteiger partial charge on any atom is 0.238 e. The van der Waals surface area contributed by atoms with Crippen LogP contribution in [0, 0.1) is 0 Å². The lowest BCUT2D eigenvalue weighted by atomic mass is 9.97. The highest BCUT2D eigenvalue weighted by Crippen LogP contribution is 2.43.